The van der Waals surface area contributed by atoms with Crippen LogP contribution in [0.3, 0.4) is 0 Å². The average molecular weight is 379 g/mol. The molecule has 1 aromatic heterocycles. The Balaban J connectivity index is 1.97. The normalized spacial score (nSPS) is 11.2. The minimum absolute atomic E-state index is 0.0268. The third-order valence-corrected chi connectivity index (χ3v) is 4.93. The van der Waals surface area contributed by atoms with E-state index in [0.29, 0.717) is 5.69 Å². The van der Waals surface area contributed by atoms with Gasteiger partial charge < -0.3 is 5.73 Å². The maximum atomic E-state index is 12.6. The maximum absolute atomic E-state index is 12.6. The van der Waals surface area contributed by atoms with Crippen molar-refractivity contribution in [3.8, 4) is 5.69 Å². The number of anilines is 1. The number of aromatic nitrogens is 4. The summed E-state index contributed by atoms with van der Waals surface area (Å²) in [6.45, 7) is 0. The van der Waals surface area contributed by atoms with E-state index in [4.69, 9.17) is 17.3 Å². The lowest BCUT2D eigenvalue weighted by atomic mass is 10.2. The Hall–Kier alpha value is -2.98. The van der Waals surface area contributed by atoms with E-state index in [-0.39, 0.29) is 21.2 Å². The molecule has 1 amide bonds. The fourth-order valence-electron chi connectivity index (χ4n) is 2.03. The second-order valence-corrected chi connectivity index (χ2v) is 7.01. The summed E-state index contributed by atoms with van der Waals surface area (Å²) in [6, 6.07) is 10.1. The van der Waals surface area contributed by atoms with Crippen LogP contribution in [0.2, 0.25) is 5.02 Å². The molecular formula is C14H11ClN6O3S. The molecule has 0 spiro atoms. The van der Waals surface area contributed by atoms with Crippen LogP contribution >= 0.6 is 11.6 Å². The molecule has 0 aliphatic rings. The number of rotatable bonds is 5. The van der Waals surface area contributed by atoms with E-state index in [0.717, 1.165) is 0 Å². The predicted octanol–water partition coefficient (Wildman–Crippen LogP) is 1.22. The summed E-state index contributed by atoms with van der Waals surface area (Å²) in [5.74, 6) is -0.696. The molecule has 3 rings (SSSR count). The standard InChI is InChI=1S/C14H11ClN6O3S/c15-12-5-4-9(14(16)22)6-13(12)18-25(23,24)11-3-1-2-10(7-11)21-8-17-19-20-21/h1-8,18H,(H2,16,22). The van der Waals surface area contributed by atoms with Crippen LogP contribution in [0.25, 0.3) is 5.69 Å². The van der Waals surface area contributed by atoms with E-state index in [1.165, 1.54) is 41.3 Å². The lowest BCUT2D eigenvalue weighted by Crippen LogP contribution is -2.15. The zero-order valence-corrected chi connectivity index (χ0v) is 14.1. The van der Waals surface area contributed by atoms with Gasteiger partial charge in [0.15, 0.2) is 0 Å². The number of halogens is 1. The van der Waals surface area contributed by atoms with Crippen LogP contribution in [-0.4, -0.2) is 34.5 Å². The van der Waals surface area contributed by atoms with Crippen LogP contribution in [0.5, 0.6) is 0 Å². The molecule has 1 heterocycles. The zero-order chi connectivity index (χ0) is 18.0. The van der Waals surface area contributed by atoms with Crippen LogP contribution in [0.4, 0.5) is 5.69 Å². The molecule has 0 aliphatic carbocycles. The highest BCUT2D eigenvalue weighted by Crippen LogP contribution is 2.26. The Labute approximate surface area is 147 Å². The molecule has 11 heteroatoms. The summed E-state index contributed by atoms with van der Waals surface area (Å²) < 4.78 is 28.9. The van der Waals surface area contributed by atoms with Crippen molar-refractivity contribution in [1.82, 2.24) is 20.2 Å². The van der Waals surface area contributed by atoms with Crippen LogP contribution in [0, 0.1) is 0 Å². The lowest BCUT2D eigenvalue weighted by Gasteiger charge is -2.11. The first-order chi connectivity index (χ1) is 11.9. The van der Waals surface area contributed by atoms with Gasteiger partial charge in [0.1, 0.15) is 6.33 Å². The van der Waals surface area contributed by atoms with E-state index in [1.54, 1.807) is 12.1 Å². The molecule has 0 atom stereocenters. The molecule has 128 valence electrons. The molecule has 3 aromatic rings. The summed E-state index contributed by atoms with van der Waals surface area (Å²) >= 11 is 6.00. The van der Waals surface area contributed by atoms with Crippen molar-refractivity contribution in [3.63, 3.8) is 0 Å². The van der Waals surface area contributed by atoms with E-state index >= 15 is 0 Å². The number of nitrogens with two attached hydrogens (primary N) is 1. The Kier molecular flexibility index (Phi) is 4.38. The molecule has 3 N–H and O–H groups in total. The van der Waals surface area contributed by atoms with E-state index < -0.39 is 15.9 Å². The topological polar surface area (TPSA) is 133 Å². The van der Waals surface area contributed by atoms with Crippen LogP contribution in [0.1, 0.15) is 10.4 Å². The summed E-state index contributed by atoms with van der Waals surface area (Å²) in [7, 11) is -3.96. The molecule has 0 saturated heterocycles. The number of primary amides is 1. The van der Waals surface area contributed by atoms with Gasteiger partial charge in [0.2, 0.25) is 5.91 Å². The second kappa shape index (κ2) is 6.49. The van der Waals surface area contributed by atoms with Gasteiger partial charge in [0.25, 0.3) is 10.0 Å². The fraction of sp³-hybridized carbons (Fsp3) is 0. The van der Waals surface area contributed by atoms with Crippen molar-refractivity contribution in [2.75, 3.05) is 4.72 Å². The van der Waals surface area contributed by atoms with Gasteiger partial charge in [-0.1, -0.05) is 17.7 Å². The smallest absolute Gasteiger partial charge is 0.262 e. The van der Waals surface area contributed by atoms with E-state index in [9.17, 15) is 13.2 Å². The van der Waals surface area contributed by atoms with Gasteiger partial charge in [-0.15, -0.1) is 5.10 Å². The van der Waals surface area contributed by atoms with Gasteiger partial charge in [0, 0.05) is 5.56 Å². The lowest BCUT2D eigenvalue weighted by molar-refractivity contribution is 0.100. The monoisotopic (exact) mass is 378 g/mol. The average Bonchev–Trinajstić information content (AvgIpc) is 3.11. The molecule has 0 bridgehead atoms. The van der Waals surface area contributed by atoms with E-state index in [1.807, 2.05) is 0 Å². The third kappa shape index (κ3) is 3.59. The number of amides is 1. The summed E-state index contributed by atoms with van der Waals surface area (Å²) in [4.78, 5) is 11.2. The minimum atomic E-state index is -3.96. The first-order valence-corrected chi connectivity index (χ1v) is 8.68. The molecular weight excluding hydrogens is 368 g/mol. The molecule has 0 saturated carbocycles. The van der Waals surface area contributed by atoms with Crippen molar-refractivity contribution in [2.24, 2.45) is 5.73 Å². The molecule has 25 heavy (non-hydrogen) atoms. The molecule has 2 aromatic carbocycles. The van der Waals surface area contributed by atoms with Crippen LogP contribution in [-0.2, 0) is 10.0 Å². The molecule has 9 nitrogen and oxygen atoms in total. The Bertz CT molecular complexity index is 1040. The summed E-state index contributed by atoms with van der Waals surface area (Å²) in [6.07, 6.45) is 1.34. The molecule has 0 fully saturated rings. The minimum Gasteiger partial charge on any atom is -0.366 e. The summed E-state index contributed by atoms with van der Waals surface area (Å²) in [5, 5.41) is 10.8. The number of hydrogen-bond donors (Lipinski definition) is 2. The molecule has 0 unspecified atom stereocenters. The zero-order valence-electron chi connectivity index (χ0n) is 12.5. The molecule has 0 radical (unpaired) electrons. The van der Waals surface area contributed by atoms with Crippen molar-refractivity contribution in [1.29, 1.82) is 0 Å². The first-order valence-electron chi connectivity index (χ1n) is 6.82. The van der Waals surface area contributed by atoms with Crippen LogP contribution < -0.4 is 10.5 Å². The third-order valence-electron chi connectivity index (χ3n) is 3.24. The first kappa shape index (κ1) is 16.9. The number of nitrogens with zero attached hydrogens (tertiary/aromatic N) is 4. The van der Waals surface area contributed by atoms with Crippen molar-refractivity contribution >= 4 is 33.2 Å². The number of sulfonamides is 1. The Morgan fingerprint density at radius 2 is 2.00 bits per heavy atom. The van der Waals surface area contributed by atoms with Gasteiger partial charge in [-0.25, -0.2) is 13.1 Å². The number of carbonyl (C=O) groups is 1. The maximum Gasteiger partial charge on any atom is 0.262 e. The Morgan fingerprint density at radius 1 is 1.20 bits per heavy atom. The number of benzene rings is 2. The van der Waals surface area contributed by atoms with Gasteiger partial charge >= 0.3 is 0 Å². The van der Waals surface area contributed by atoms with Gasteiger partial charge in [-0.2, -0.15) is 0 Å². The highest BCUT2D eigenvalue weighted by molar-refractivity contribution is 7.92. The van der Waals surface area contributed by atoms with Crippen molar-refractivity contribution in [2.45, 2.75) is 4.90 Å². The largest absolute Gasteiger partial charge is 0.366 e. The van der Waals surface area contributed by atoms with E-state index in [2.05, 4.69) is 20.2 Å². The number of tetrazole rings is 1. The summed E-state index contributed by atoms with van der Waals surface area (Å²) in [5.41, 5.74) is 5.84. The van der Waals surface area contributed by atoms with Gasteiger partial charge in [-0.3, -0.25) is 9.52 Å². The quantitative estimate of drug-likeness (QED) is 0.685. The van der Waals surface area contributed by atoms with Crippen molar-refractivity contribution in [3.05, 3.63) is 59.4 Å². The second-order valence-electron chi connectivity index (χ2n) is 4.92. The fourth-order valence-corrected chi connectivity index (χ4v) is 3.36. The Morgan fingerprint density at radius 3 is 2.68 bits per heavy atom. The SMILES string of the molecule is NC(=O)c1ccc(Cl)c(NS(=O)(=O)c2cccc(-n3cnnn3)c2)c1. The number of carbonyl (C=O) groups excluding carboxylic acids is 1. The highest BCUT2D eigenvalue weighted by Gasteiger charge is 2.18. The number of nitrogens with one attached hydrogen (secondary N) is 1. The van der Waals surface area contributed by atoms with Crippen molar-refractivity contribution < 1.29 is 13.2 Å². The highest BCUT2D eigenvalue weighted by atomic mass is 35.5. The number of hydrogen-bond acceptors (Lipinski definition) is 6. The van der Waals surface area contributed by atoms with Gasteiger partial charge in [0.05, 0.1) is 21.3 Å². The van der Waals surface area contributed by atoms with Gasteiger partial charge in [-0.05, 0) is 46.8 Å². The predicted molar refractivity (Wildman–Crippen MR) is 89.9 cm³/mol. The van der Waals surface area contributed by atoms with Crippen LogP contribution in [0.15, 0.2) is 53.7 Å². The molecule has 0 aliphatic heterocycles.